The Kier molecular flexibility index (Phi) is 5.67. The number of anilines is 1. The summed E-state index contributed by atoms with van der Waals surface area (Å²) in [5.41, 5.74) is -0.113. The quantitative estimate of drug-likeness (QED) is 0.766. The number of ether oxygens (including phenoxy) is 2. The SMILES string of the molecule is CCOc1ccc(OCC)c(NCC(C)(C)C(=O)O)c1. The number of hydrogen-bond donors (Lipinski definition) is 2. The van der Waals surface area contributed by atoms with Crippen LogP contribution in [0.25, 0.3) is 0 Å². The third-order valence-corrected chi connectivity index (χ3v) is 2.86. The summed E-state index contributed by atoms with van der Waals surface area (Å²) in [4.78, 5) is 11.1. The van der Waals surface area contributed by atoms with Crippen LogP contribution in [0.1, 0.15) is 27.7 Å². The summed E-state index contributed by atoms with van der Waals surface area (Å²) in [6.45, 7) is 8.60. The van der Waals surface area contributed by atoms with E-state index in [2.05, 4.69) is 5.32 Å². The molecular weight excluding hydrogens is 258 g/mol. The second-order valence-corrected chi connectivity index (χ2v) is 5.07. The molecule has 2 N–H and O–H groups in total. The van der Waals surface area contributed by atoms with Crippen molar-refractivity contribution < 1.29 is 19.4 Å². The van der Waals surface area contributed by atoms with Gasteiger partial charge < -0.3 is 19.9 Å². The second-order valence-electron chi connectivity index (χ2n) is 5.07. The summed E-state index contributed by atoms with van der Waals surface area (Å²) in [6.07, 6.45) is 0. The lowest BCUT2D eigenvalue weighted by Crippen LogP contribution is -2.31. The molecule has 0 bridgehead atoms. The highest BCUT2D eigenvalue weighted by Gasteiger charge is 2.27. The Balaban J connectivity index is 2.89. The lowest BCUT2D eigenvalue weighted by molar-refractivity contribution is -0.146. The number of benzene rings is 1. The molecule has 0 aliphatic carbocycles. The van der Waals surface area contributed by atoms with Crippen molar-refractivity contribution in [2.24, 2.45) is 5.41 Å². The van der Waals surface area contributed by atoms with E-state index < -0.39 is 11.4 Å². The zero-order valence-corrected chi connectivity index (χ0v) is 12.5. The van der Waals surface area contributed by atoms with Crippen molar-refractivity contribution in [3.63, 3.8) is 0 Å². The number of carboxylic acids is 1. The molecule has 5 heteroatoms. The number of carbonyl (C=O) groups is 1. The van der Waals surface area contributed by atoms with Gasteiger partial charge in [0, 0.05) is 12.6 Å². The minimum Gasteiger partial charge on any atom is -0.494 e. The molecule has 0 unspecified atom stereocenters. The van der Waals surface area contributed by atoms with Gasteiger partial charge in [-0.15, -0.1) is 0 Å². The Morgan fingerprint density at radius 3 is 2.45 bits per heavy atom. The lowest BCUT2D eigenvalue weighted by atomic mass is 9.94. The number of rotatable bonds is 8. The zero-order valence-electron chi connectivity index (χ0n) is 12.5. The Morgan fingerprint density at radius 2 is 1.90 bits per heavy atom. The van der Waals surface area contributed by atoms with Gasteiger partial charge in [-0.2, -0.15) is 0 Å². The van der Waals surface area contributed by atoms with Crippen LogP contribution in [0.4, 0.5) is 5.69 Å². The van der Waals surface area contributed by atoms with Gasteiger partial charge in [-0.05, 0) is 39.8 Å². The van der Waals surface area contributed by atoms with E-state index in [1.807, 2.05) is 32.0 Å². The molecule has 0 atom stereocenters. The maximum absolute atomic E-state index is 11.1. The van der Waals surface area contributed by atoms with Gasteiger partial charge in [0.1, 0.15) is 11.5 Å². The summed E-state index contributed by atoms with van der Waals surface area (Å²) in [7, 11) is 0. The molecule has 1 aromatic carbocycles. The average Bonchev–Trinajstić information content (AvgIpc) is 2.39. The fourth-order valence-electron chi connectivity index (χ4n) is 1.58. The van der Waals surface area contributed by atoms with E-state index in [-0.39, 0.29) is 0 Å². The van der Waals surface area contributed by atoms with Gasteiger partial charge in [-0.25, -0.2) is 0 Å². The van der Waals surface area contributed by atoms with Crippen LogP contribution < -0.4 is 14.8 Å². The Labute approximate surface area is 119 Å². The molecule has 0 fully saturated rings. The highest BCUT2D eigenvalue weighted by molar-refractivity contribution is 5.74. The second kappa shape index (κ2) is 7.03. The molecule has 0 aromatic heterocycles. The molecule has 0 radical (unpaired) electrons. The van der Waals surface area contributed by atoms with Crippen LogP contribution in [-0.2, 0) is 4.79 Å². The van der Waals surface area contributed by atoms with E-state index in [9.17, 15) is 4.79 Å². The zero-order chi connectivity index (χ0) is 15.2. The molecule has 20 heavy (non-hydrogen) atoms. The van der Waals surface area contributed by atoms with E-state index in [1.54, 1.807) is 13.8 Å². The van der Waals surface area contributed by atoms with Crippen LogP contribution >= 0.6 is 0 Å². The predicted molar refractivity (Wildman–Crippen MR) is 78.7 cm³/mol. The molecule has 5 nitrogen and oxygen atoms in total. The van der Waals surface area contributed by atoms with Crippen molar-refractivity contribution in [3.8, 4) is 11.5 Å². The maximum atomic E-state index is 11.1. The number of hydrogen-bond acceptors (Lipinski definition) is 4. The third kappa shape index (κ3) is 4.33. The highest BCUT2D eigenvalue weighted by atomic mass is 16.5. The van der Waals surface area contributed by atoms with Crippen LogP contribution in [0.2, 0.25) is 0 Å². The van der Waals surface area contributed by atoms with Gasteiger partial charge in [-0.1, -0.05) is 0 Å². The smallest absolute Gasteiger partial charge is 0.310 e. The first-order valence-electron chi connectivity index (χ1n) is 6.77. The minimum absolute atomic E-state index is 0.304. The largest absolute Gasteiger partial charge is 0.494 e. The van der Waals surface area contributed by atoms with Gasteiger partial charge in [0.2, 0.25) is 0 Å². The van der Waals surface area contributed by atoms with E-state index in [0.29, 0.717) is 25.5 Å². The van der Waals surface area contributed by atoms with E-state index >= 15 is 0 Å². The molecule has 1 rings (SSSR count). The number of aliphatic carboxylic acids is 1. The molecule has 112 valence electrons. The molecule has 0 aliphatic heterocycles. The first-order chi connectivity index (χ1) is 9.40. The molecule has 0 saturated carbocycles. The Bertz CT molecular complexity index is 457. The molecule has 0 amide bonds. The van der Waals surface area contributed by atoms with Crippen LogP contribution in [0.5, 0.6) is 11.5 Å². The number of nitrogens with one attached hydrogen (secondary N) is 1. The molecule has 0 aliphatic rings. The molecule has 0 heterocycles. The minimum atomic E-state index is -0.856. The van der Waals surface area contributed by atoms with Crippen LogP contribution in [0.3, 0.4) is 0 Å². The van der Waals surface area contributed by atoms with Crippen molar-refractivity contribution in [2.45, 2.75) is 27.7 Å². The van der Waals surface area contributed by atoms with Gasteiger partial charge in [0.05, 0.1) is 24.3 Å². The van der Waals surface area contributed by atoms with Crippen molar-refractivity contribution in [1.82, 2.24) is 0 Å². The fraction of sp³-hybridized carbons (Fsp3) is 0.533. The fourth-order valence-corrected chi connectivity index (χ4v) is 1.58. The summed E-state index contributed by atoms with van der Waals surface area (Å²) in [5, 5.41) is 12.3. The van der Waals surface area contributed by atoms with E-state index in [0.717, 1.165) is 11.4 Å². The van der Waals surface area contributed by atoms with E-state index in [1.165, 1.54) is 0 Å². The third-order valence-electron chi connectivity index (χ3n) is 2.86. The van der Waals surface area contributed by atoms with Gasteiger partial charge >= 0.3 is 5.97 Å². The van der Waals surface area contributed by atoms with Crippen LogP contribution in [-0.4, -0.2) is 30.8 Å². The monoisotopic (exact) mass is 281 g/mol. The van der Waals surface area contributed by atoms with Crippen molar-refractivity contribution >= 4 is 11.7 Å². The Hall–Kier alpha value is -1.91. The Morgan fingerprint density at radius 1 is 1.25 bits per heavy atom. The average molecular weight is 281 g/mol. The van der Waals surface area contributed by atoms with E-state index in [4.69, 9.17) is 14.6 Å². The normalized spacial score (nSPS) is 11.0. The summed E-state index contributed by atoms with van der Waals surface area (Å²) < 4.78 is 11.0. The van der Waals surface area contributed by atoms with Crippen molar-refractivity contribution in [2.75, 3.05) is 25.1 Å². The van der Waals surface area contributed by atoms with Crippen molar-refractivity contribution in [1.29, 1.82) is 0 Å². The first kappa shape index (κ1) is 16.1. The first-order valence-corrected chi connectivity index (χ1v) is 6.77. The predicted octanol–water partition coefficient (Wildman–Crippen LogP) is 3.01. The molecular formula is C15H23NO4. The lowest BCUT2D eigenvalue weighted by Gasteiger charge is -2.22. The van der Waals surface area contributed by atoms with Crippen molar-refractivity contribution in [3.05, 3.63) is 18.2 Å². The van der Waals surface area contributed by atoms with Gasteiger partial charge in [0.15, 0.2) is 0 Å². The molecule has 0 saturated heterocycles. The van der Waals surface area contributed by atoms with Gasteiger partial charge in [0.25, 0.3) is 0 Å². The topological polar surface area (TPSA) is 67.8 Å². The summed E-state index contributed by atoms with van der Waals surface area (Å²) in [5.74, 6) is 0.577. The maximum Gasteiger partial charge on any atom is 0.310 e. The van der Waals surface area contributed by atoms with Crippen LogP contribution in [0.15, 0.2) is 18.2 Å². The summed E-state index contributed by atoms with van der Waals surface area (Å²) >= 11 is 0. The van der Waals surface area contributed by atoms with Crippen LogP contribution in [0, 0.1) is 5.41 Å². The molecule has 1 aromatic rings. The standard InChI is InChI=1S/C15H23NO4/c1-5-19-11-7-8-13(20-6-2)12(9-11)16-10-15(3,4)14(17)18/h7-9,16H,5-6,10H2,1-4H3,(H,17,18). The highest BCUT2D eigenvalue weighted by Crippen LogP contribution is 2.30. The summed E-state index contributed by atoms with van der Waals surface area (Å²) in [6, 6.07) is 5.49. The number of carboxylic acid groups (broad SMARTS) is 1. The molecule has 0 spiro atoms. The van der Waals surface area contributed by atoms with Gasteiger partial charge in [-0.3, -0.25) is 4.79 Å².